The van der Waals surface area contributed by atoms with Crippen LogP contribution in [0.25, 0.3) is 0 Å². The molecule has 1 unspecified atom stereocenters. The molecule has 0 rings (SSSR count). The summed E-state index contributed by atoms with van der Waals surface area (Å²) in [6, 6.07) is -0.0390. The minimum Gasteiger partial charge on any atom is -0.355 e. The fraction of sp³-hybridized carbons (Fsp3) is 0.909. The van der Waals surface area contributed by atoms with Gasteiger partial charge in [-0.3, -0.25) is 9.69 Å². The maximum atomic E-state index is 11.8. The minimum atomic E-state index is -0.0390. The molecule has 90 valence electrons. The SMILES string of the molecule is CC(C)C(C(=O)NCCCCN)N(C)C. The highest BCUT2D eigenvalue weighted by molar-refractivity contribution is 5.81. The molecular weight excluding hydrogens is 190 g/mol. The third-order valence-electron chi connectivity index (χ3n) is 2.39. The second-order valence-corrected chi connectivity index (χ2v) is 4.44. The number of nitrogens with two attached hydrogens (primary N) is 1. The van der Waals surface area contributed by atoms with E-state index in [2.05, 4.69) is 19.2 Å². The molecule has 1 amide bonds. The van der Waals surface area contributed by atoms with Crippen LogP contribution in [0.4, 0.5) is 0 Å². The lowest BCUT2D eigenvalue weighted by Gasteiger charge is -2.26. The van der Waals surface area contributed by atoms with Gasteiger partial charge in [-0.05, 0) is 39.4 Å². The number of likely N-dealkylation sites (N-methyl/N-ethyl adjacent to an activating group) is 1. The first kappa shape index (κ1) is 14.4. The number of nitrogens with zero attached hydrogens (tertiary/aromatic N) is 1. The maximum absolute atomic E-state index is 11.8. The van der Waals surface area contributed by atoms with Crippen LogP contribution in [0.15, 0.2) is 0 Å². The van der Waals surface area contributed by atoms with Gasteiger partial charge in [-0.2, -0.15) is 0 Å². The fourth-order valence-electron chi connectivity index (χ4n) is 1.72. The first-order chi connectivity index (χ1) is 7.00. The number of hydrogen-bond donors (Lipinski definition) is 2. The second kappa shape index (κ2) is 7.65. The van der Waals surface area contributed by atoms with Crippen LogP contribution in [0.5, 0.6) is 0 Å². The van der Waals surface area contributed by atoms with Gasteiger partial charge < -0.3 is 11.1 Å². The Morgan fingerprint density at radius 3 is 2.33 bits per heavy atom. The van der Waals surface area contributed by atoms with Crippen LogP contribution < -0.4 is 11.1 Å². The molecule has 0 aromatic heterocycles. The standard InChI is InChI=1S/C11H25N3O/c1-9(2)10(14(3)4)11(15)13-8-6-5-7-12/h9-10H,5-8,12H2,1-4H3,(H,13,15). The molecule has 4 heteroatoms. The average molecular weight is 215 g/mol. The molecule has 0 saturated heterocycles. The topological polar surface area (TPSA) is 58.4 Å². The fourth-order valence-corrected chi connectivity index (χ4v) is 1.72. The first-order valence-corrected chi connectivity index (χ1v) is 5.65. The van der Waals surface area contributed by atoms with Crippen molar-refractivity contribution in [2.24, 2.45) is 11.7 Å². The number of amides is 1. The van der Waals surface area contributed by atoms with Crippen molar-refractivity contribution in [2.75, 3.05) is 27.2 Å². The van der Waals surface area contributed by atoms with E-state index in [1.54, 1.807) is 0 Å². The predicted molar refractivity (Wildman–Crippen MR) is 63.6 cm³/mol. The summed E-state index contributed by atoms with van der Waals surface area (Å²) in [5, 5.41) is 2.94. The van der Waals surface area contributed by atoms with Crippen molar-refractivity contribution in [2.45, 2.75) is 32.7 Å². The van der Waals surface area contributed by atoms with Crippen LogP contribution >= 0.6 is 0 Å². The summed E-state index contributed by atoms with van der Waals surface area (Å²) in [7, 11) is 3.87. The van der Waals surface area contributed by atoms with Gasteiger partial charge in [0, 0.05) is 6.54 Å². The monoisotopic (exact) mass is 215 g/mol. The van der Waals surface area contributed by atoms with E-state index in [0.29, 0.717) is 12.5 Å². The molecule has 0 aliphatic carbocycles. The Balaban J connectivity index is 3.93. The summed E-state index contributed by atoms with van der Waals surface area (Å²) in [4.78, 5) is 13.8. The number of unbranched alkanes of at least 4 members (excludes halogenated alkanes) is 1. The van der Waals surface area contributed by atoms with E-state index in [1.165, 1.54) is 0 Å². The number of rotatable bonds is 7. The maximum Gasteiger partial charge on any atom is 0.237 e. The molecule has 0 heterocycles. The summed E-state index contributed by atoms with van der Waals surface area (Å²) < 4.78 is 0. The number of nitrogens with one attached hydrogen (secondary N) is 1. The van der Waals surface area contributed by atoms with Crippen molar-refractivity contribution in [1.82, 2.24) is 10.2 Å². The Bertz CT molecular complexity index is 173. The van der Waals surface area contributed by atoms with E-state index in [1.807, 2.05) is 19.0 Å². The van der Waals surface area contributed by atoms with E-state index >= 15 is 0 Å². The molecule has 0 aliphatic rings. The quantitative estimate of drug-likeness (QED) is 0.605. The molecule has 0 aliphatic heterocycles. The highest BCUT2D eigenvalue weighted by Gasteiger charge is 2.23. The molecule has 0 radical (unpaired) electrons. The van der Waals surface area contributed by atoms with Crippen LogP contribution in [0.1, 0.15) is 26.7 Å². The molecule has 0 aromatic rings. The first-order valence-electron chi connectivity index (χ1n) is 5.65. The van der Waals surface area contributed by atoms with Crippen molar-refractivity contribution >= 4 is 5.91 Å². The van der Waals surface area contributed by atoms with Gasteiger partial charge in [0.15, 0.2) is 0 Å². The third kappa shape index (κ3) is 5.74. The Hall–Kier alpha value is -0.610. The zero-order valence-corrected chi connectivity index (χ0v) is 10.4. The zero-order chi connectivity index (χ0) is 11.8. The summed E-state index contributed by atoms with van der Waals surface area (Å²) in [5.74, 6) is 0.446. The van der Waals surface area contributed by atoms with E-state index < -0.39 is 0 Å². The highest BCUT2D eigenvalue weighted by Crippen LogP contribution is 2.07. The van der Waals surface area contributed by atoms with E-state index in [0.717, 1.165) is 19.4 Å². The molecule has 0 aromatic carbocycles. The average Bonchev–Trinajstić information content (AvgIpc) is 2.11. The van der Waals surface area contributed by atoms with Gasteiger partial charge in [0.25, 0.3) is 0 Å². The third-order valence-corrected chi connectivity index (χ3v) is 2.39. The van der Waals surface area contributed by atoms with Crippen LogP contribution in [-0.2, 0) is 4.79 Å². The van der Waals surface area contributed by atoms with E-state index in [9.17, 15) is 4.79 Å². The molecule has 15 heavy (non-hydrogen) atoms. The summed E-state index contributed by atoms with van der Waals surface area (Å²) in [6.07, 6.45) is 1.93. The Morgan fingerprint density at radius 1 is 1.33 bits per heavy atom. The molecule has 4 nitrogen and oxygen atoms in total. The number of carbonyl (C=O) groups excluding carboxylic acids is 1. The van der Waals surface area contributed by atoms with Crippen LogP contribution in [0, 0.1) is 5.92 Å². The van der Waals surface area contributed by atoms with E-state index in [4.69, 9.17) is 5.73 Å². The van der Waals surface area contributed by atoms with Gasteiger partial charge in [0.2, 0.25) is 5.91 Å². The predicted octanol–water partition coefficient (Wildman–Crippen LogP) is 0.428. The largest absolute Gasteiger partial charge is 0.355 e. The lowest BCUT2D eigenvalue weighted by atomic mass is 10.0. The molecule has 0 bridgehead atoms. The smallest absolute Gasteiger partial charge is 0.237 e. The second-order valence-electron chi connectivity index (χ2n) is 4.44. The Morgan fingerprint density at radius 2 is 1.93 bits per heavy atom. The zero-order valence-electron chi connectivity index (χ0n) is 10.4. The van der Waals surface area contributed by atoms with Crippen molar-refractivity contribution in [3.63, 3.8) is 0 Å². The Kier molecular flexibility index (Phi) is 7.34. The molecule has 0 fully saturated rings. The molecular formula is C11H25N3O. The Labute approximate surface area is 93.2 Å². The van der Waals surface area contributed by atoms with Gasteiger partial charge in [0.1, 0.15) is 0 Å². The van der Waals surface area contributed by atoms with Crippen LogP contribution in [-0.4, -0.2) is 44.0 Å². The number of hydrogen-bond acceptors (Lipinski definition) is 3. The highest BCUT2D eigenvalue weighted by atomic mass is 16.2. The van der Waals surface area contributed by atoms with Crippen LogP contribution in [0.2, 0.25) is 0 Å². The number of carbonyl (C=O) groups is 1. The van der Waals surface area contributed by atoms with Gasteiger partial charge in [-0.1, -0.05) is 13.8 Å². The van der Waals surface area contributed by atoms with Crippen molar-refractivity contribution in [3.8, 4) is 0 Å². The lowest BCUT2D eigenvalue weighted by Crippen LogP contribution is -2.46. The van der Waals surface area contributed by atoms with Gasteiger partial charge >= 0.3 is 0 Å². The van der Waals surface area contributed by atoms with E-state index in [-0.39, 0.29) is 11.9 Å². The van der Waals surface area contributed by atoms with Crippen molar-refractivity contribution < 1.29 is 4.79 Å². The normalized spacial score (nSPS) is 13.3. The van der Waals surface area contributed by atoms with Gasteiger partial charge in [-0.15, -0.1) is 0 Å². The van der Waals surface area contributed by atoms with Crippen LogP contribution in [0.3, 0.4) is 0 Å². The molecule has 0 saturated carbocycles. The summed E-state index contributed by atoms with van der Waals surface area (Å²) >= 11 is 0. The molecule has 1 atom stereocenters. The van der Waals surface area contributed by atoms with Gasteiger partial charge in [-0.25, -0.2) is 0 Å². The van der Waals surface area contributed by atoms with Crippen molar-refractivity contribution in [3.05, 3.63) is 0 Å². The minimum absolute atomic E-state index is 0.0390. The molecule has 3 N–H and O–H groups in total. The molecule has 0 spiro atoms. The summed E-state index contributed by atoms with van der Waals surface area (Å²) in [6.45, 7) is 5.54. The van der Waals surface area contributed by atoms with Crippen molar-refractivity contribution in [1.29, 1.82) is 0 Å². The lowest BCUT2D eigenvalue weighted by molar-refractivity contribution is -0.126. The summed E-state index contributed by atoms with van der Waals surface area (Å²) in [5.41, 5.74) is 5.38. The van der Waals surface area contributed by atoms with Gasteiger partial charge in [0.05, 0.1) is 6.04 Å².